The molecule has 0 saturated carbocycles. The van der Waals surface area contributed by atoms with Crippen LogP contribution in [0.4, 0.5) is 5.13 Å². The highest BCUT2D eigenvalue weighted by molar-refractivity contribution is 7.22. The molecule has 0 bridgehead atoms. The number of nitrogens with zero attached hydrogens (tertiary/aromatic N) is 4. The van der Waals surface area contributed by atoms with Crippen LogP contribution in [0.1, 0.15) is 47.9 Å². The smallest absolute Gasteiger partial charge is 0.356 e. The Morgan fingerprint density at radius 3 is 2.82 bits per heavy atom. The van der Waals surface area contributed by atoms with E-state index >= 15 is 0 Å². The molecule has 1 N–H and O–H groups in total. The van der Waals surface area contributed by atoms with Crippen molar-refractivity contribution in [2.24, 2.45) is 0 Å². The van der Waals surface area contributed by atoms with Gasteiger partial charge >= 0.3 is 5.97 Å². The van der Waals surface area contributed by atoms with Crippen LogP contribution in [-0.2, 0) is 6.54 Å². The molecule has 4 rings (SSSR count). The van der Waals surface area contributed by atoms with Crippen LogP contribution in [0.5, 0.6) is 0 Å². The third kappa shape index (κ3) is 3.64. The van der Waals surface area contributed by atoms with E-state index in [1.807, 2.05) is 26.0 Å². The highest BCUT2D eigenvalue weighted by Gasteiger charge is 2.19. The van der Waals surface area contributed by atoms with E-state index < -0.39 is 5.97 Å². The Balaban J connectivity index is 1.75. The Morgan fingerprint density at radius 1 is 1.32 bits per heavy atom. The number of carbonyl (C=O) groups is 1. The van der Waals surface area contributed by atoms with Gasteiger partial charge in [-0.3, -0.25) is 4.68 Å². The fraction of sp³-hybridized carbons (Fsp3) is 0.350. The van der Waals surface area contributed by atoms with E-state index in [0.29, 0.717) is 11.6 Å². The number of rotatable bonds is 5. The van der Waals surface area contributed by atoms with Crippen molar-refractivity contribution < 1.29 is 9.90 Å². The van der Waals surface area contributed by atoms with Crippen LogP contribution in [0.15, 0.2) is 30.4 Å². The van der Waals surface area contributed by atoms with Gasteiger partial charge in [0.15, 0.2) is 10.8 Å². The van der Waals surface area contributed by atoms with Gasteiger partial charge < -0.3 is 10.0 Å². The van der Waals surface area contributed by atoms with Crippen molar-refractivity contribution in [1.29, 1.82) is 0 Å². The number of aromatic carboxylic acids is 1. The molecule has 0 radical (unpaired) electrons. The van der Waals surface area contributed by atoms with Gasteiger partial charge in [0, 0.05) is 29.4 Å². The van der Waals surface area contributed by atoms with Crippen molar-refractivity contribution in [2.45, 2.75) is 32.7 Å². The van der Waals surface area contributed by atoms with Crippen molar-refractivity contribution in [3.05, 3.63) is 52.3 Å². The first-order valence-corrected chi connectivity index (χ1v) is 10.4. The molecule has 1 aromatic carbocycles. The predicted octanol–water partition coefficient (Wildman–Crippen LogP) is 4.78. The Bertz CT molecular complexity index is 1070. The Kier molecular flexibility index (Phi) is 5.12. The summed E-state index contributed by atoms with van der Waals surface area (Å²) in [6.07, 6.45) is 5.37. The van der Waals surface area contributed by atoms with E-state index in [9.17, 15) is 9.90 Å². The van der Waals surface area contributed by atoms with E-state index in [1.165, 1.54) is 0 Å². The molecule has 0 spiro atoms. The molecule has 146 valence electrons. The van der Waals surface area contributed by atoms with Gasteiger partial charge in [-0.2, -0.15) is 5.10 Å². The van der Waals surface area contributed by atoms with Crippen LogP contribution < -0.4 is 4.90 Å². The second-order valence-corrected chi connectivity index (χ2v) is 8.63. The minimum atomic E-state index is -1.02. The number of halogens is 1. The molecule has 0 unspecified atom stereocenters. The lowest BCUT2D eigenvalue weighted by Gasteiger charge is -2.22. The van der Waals surface area contributed by atoms with E-state index in [0.717, 1.165) is 46.1 Å². The zero-order valence-electron chi connectivity index (χ0n) is 15.7. The van der Waals surface area contributed by atoms with Gasteiger partial charge in [-0.25, -0.2) is 9.78 Å². The summed E-state index contributed by atoms with van der Waals surface area (Å²) >= 11 is 8.01. The van der Waals surface area contributed by atoms with Crippen molar-refractivity contribution in [1.82, 2.24) is 14.8 Å². The zero-order valence-corrected chi connectivity index (χ0v) is 17.3. The topological polar surface area (TPSA) is 71.2 Å². The first kappa shape index (κ1) is 19.0. The monoisotopic (exact) mass is 416 g/mol. The molecular formula is C20H21ClN4O2S. The minimum Gasteiger partial charge on any atom is -0.476 e. The standard InChI is InChI=1S/C20H21ClN4O2S/c1-12(2)16-10-15(19(26)27)23-25(16)11-13-8-14(21)9-17-18(13)22-20(28-17)24-6-4-3-5-7-24/h3-4,8-10,12H,5-7,11H2,1-2H3,(H,26,27). The fourth-order valence-corrected chi connectivity index (χ4v) is 4.80. The predicted molar refractivity (Wildman–Crippen MR) is 113 cm³/mol. The lowest BCUT2D eigenvalue weighted by molar-refractivity contribution is 0.0689. The number of anilines is 1. The largest absolute Gasteiger partial charge is 0.476 e. The number of carboxylic acid groups (broad SMARTS) is 1. The first-order valence-electron chi connectivity index (χ1n) is 9.22. The summed E-state index contributed by atoms with van der Waals surface area (Å²) in [6.45, 7) is 6.30. The van der Waals surface area contributed by atoms with Crippen LogP contribution in [0, 0.1) is 0 Å². The van der Waals surface area contributed by atoms with Crippen LogP contribution in [0.2, 0.25) is 5.02 Å². The highest BCUT2D eigenvalue weighted by Crippen LogP contribution is 2.34. The molecule has 0 fully saturated rings. The molecule has 1 aliphatic heterocycles. The number of fused-ring (bicyclic) bond motifs is 1. The van der Waals surface area contributed by atoms with Crippen LogP contribution >= 0.6 is 22.9 Å². The van der Waals surface area contributed by atoms with Gasteiger partial charge in [0.25, 0.3) is 0 Å². The van der Waals surface area contributed by atoms with Crippen molar-refractivity contribution >= 4 is 44.3 Å². The number of thiazole rings is 1. The average Bonchev–Trinajstić information content (AvgIpc) is 3.27. The lowest BCUT2D eigenvalue weighted by atomic mass is 10.1. The molecule has 0 atom stereocenters. The summed E-state index contributed by atoms with van der Waals surface area (Å²) in [7, 11) is 0. The summed E-state index contributed by atoms with van der Waals surface area (Å²) in [4.78, 5) is 18.5. The van der Waals surface area contributed by atoms with Gasteiger partial charge in [-0.1, -0.05) is 48.9 Å². The summed E-state index contributed by atoms with van der Waals surface area (Å²) in [6, 6.07) is 5.48. The molecule has 8 heteroatoms. The molecule has 0 amide bonds. The zero-order chi connectivity index (χ0) is 19.8. The summed E-state index contributed by atoms with van der Waals surface area (Å²) in [5, 5.41) is 15.2. The maximum atomic E-state index is 11.4. The van der Waals surface area contributed by atoms with Gasteiger partial charge in [-0.05, 0) is 30.5 Å². The molecule has 1 aliphatic rings. The molecule has 0 aliphatic carbocycles. The van der Waals surface area contributed by atoms with E-state index in [4.69, 9.17) is 16.6 Å². The second-order valence-electron chi connectivity index (χ2n) is 7.19. The molecule has 6 nitrogen and oxygen atoms in total. The Labute approximate surface area is 172 Å². The Hall–Kier alpha value is -2.38. The second kappa shape index (κ2) is 7.56. The number of aromatic nitrogens is 3. The van der Waals surface area contributed by atoms with E-state index in [2.05, 4.69) is 22.2 Å². The molecule has 0 saturated heterocycles. The van der Waals surface area contributed by atoms with E-state index in [-0.39, 0.29) is 11.6 Å². The number of carboxylic acids is 1. The lowest BCUT2D eigenvalue weighted by Crippen LogP contribution is -2.26. The van der Waals surface area contributed by atoms with Crippen molar-refractivity contribution in [2.75, 3.05) is 18.0 Å². The van der Waals surface area contributed by atoms with Crippen LogP contribution in [-0.4, -0.2) is 38.9 Å². The van der Waals surface area contributed by atoms with Gasteiger partial charge in [0.05, 0.1) is 16.8 Å². The fourth-order valence-electron chi connectivity index (χ4n) is 3.41. The maximum absolute atomic E-state index is 11.4. The summed E-state index contributed by atoms with van der Waals surface area (Å²) < 4.78 is 2.78. The highest BCUT2D eigenvalue weighted by atomic mass is 35.5. The number of benzene rings is 1. The quantitative estimate of drug-likeness (QED) is 0.606. The molecule has 2 aromatic heterocycles. The van der Waals surface area contributed by atoms with Gasteiger partial charge in [0.1, 0.15) is 0 Å². The van der Waals surface area contributed by atoms with Crippen molar-refractivity contribution in [3.63, 3.8) is 0 Å². The van der Waals surface area contributed by atoms with E-state index in [1.54, 1.807) is 22.1 Å². The third-order valence-electron chi connectivity index (χ3n) is 4.80. The molecule has 3 heterocycles. The number of hydrogen-bond donors (Lipinski definition) is 1. The molecular weight excluding hydrogens is 396 g/mol. The van der Waals surface area contributed by atoms with Gasteiger partial charge in [0.2, 0.25) is 0 Å². The minimum absolute atomic E-state index is 0.0565. The number of hydrogen-bond acceptors (Lipinski definition) is 5. The summed E-state index contributed by atoms with van der Waals surface area (Å²) in [5.41, 5.74) is 2.78. The molecule has 28 heavy (non-hydrogen) atoms. The van der Waals surface area contributed by atoms with Crippen molar-refractivity contribution in [3.8, 4) is 0 Å². The van der Waals surface area contributed by atoms with Gasteiger partial charge in [-0.15, -0.1) is 0 Å². The SMILES string of the molecule is CC(C)c1cc(C(=O)O)nn1Cc1cc(Cl)cc2sc(N3CC=CCC3)nc12. The first-order chi connectivity index (χ1) is 13.4. The normalized spacial score (nSPS) is 14.4. The third-order valence-corrected chi connectivity index (χ3v) is 6.08. The Morgan fingerprint density at radius 2 is 2.14 bits per heavy atom. The van der Waals surface area contributed by atoms with Crippen LogP contribution in [0.3, 0.4) is 0 Å². The molecule has 3 aromatic rings. The summed E-state index contributed by atoms with van der Waals surface area (Å²) in [5.74, 6) is -0.868. The maximum Gasteiger partial charge on any atom is 0.356 e. The van der Waals surface area contributed by atoms with Crippen LogP contribution in [0.25, 0.3) is 10.2 Å². The average molecular weight is 417 g/mol.